The molecule has 8 heteroatoms. The number of amides is 2. The van der Waals surface area contributed by atoms with E-state index in [1.165, 1.54) is 18.2 Å². The van der Waals surface area contributed by atoms with Crippen LogP contribution in [0.1, 0.15) is 18.1 Å². The Morgan fingerprint density at radius 3 is 2.74 bits per heavy atom. The zero-order chi connectivity index (χ0) is 19.6. The van der Waals surface area contributed by atoms with Crippen LogP contribution >= 0.6 is 23.4 Å². The lowest BCUT2D eigenvalue weighted by atomic mass is 10.1. The monoisotopic (exact) mass is 407 g/mol. The van der Waals surface area contributed by atoms with Crippen molar-refractivity contribution in [1.29, 1.82) is 0 Å². The van der Waals surface area contributed by atoms with Gasteiger partial charge < -0.3 is 9.84 Å². The normalized spacial score (nSPS) is 15.7. The maximum atomic E-state index is 13.2. The van der Waals surface area contributed by atoms with Crippen molar-refractivity contribution in [1.82, 2.24) is 4.90 Å². The molecule has 3 rings (SSSR count). The third-order valence-electron chi connectivity index (χ3n) is 3.80. The quantitative estimate of drug-likeness (QED) is 0.720. The van der Waals surface area contributed by atoms with Gasteiger partial charge in [-0.2, -0.15) is 0 Å². The number of hydrogen-bond donors (Lipinski definition) is 1. The SMILES string of the molecule is CCOc1cc(/C=C2/SC(=O)N(Cc3ccc(F)cc3Cl)C2=O)ccc1O. The van der Waals surface area contributed by atoms with Crippen molar-refractivity contribution in [3.05, 3.63) is 63.3 Å². The summed E-state index contributed by atoms with van der Waals surface area (Å²) in [5, 5.41) is 9.47. The van der Waals surface area contributed by atoms with Gasteiger partial charge in [-0.1, -0.05) is 23.7 Å². The fourth-order valence-corrected chi connectivity index (χ4v) is 3.56. The van der Waals surface area contributed by atoms with Crippen LogP contribution in [0.15, 0.2) is 41.3 Å². The average molecular weight is 408 g/mol. The maximum Gasteiger partial charge on any atom is 0.293 e. The Labute approximate surface area is 164 Å². The van der Waals surface area contributed by atoms with Crippen molar-refractivity contribution in [2.45, 2.75) is 13.5 Å². The first-order valence-electron chi connectivity index (χ1n) is 8.04. The molecular formula is C19H15ClFNO4S. The number of phenolic OH excluding ortho intramolecular Hbond substituents is 1. The number of rotatable bonds is 5. The Balaban J connectivity index is 1.83. The molecule has 5 nitrogen and oxygen atoms in total. The van der Waals surface area contributed by atoms with Crippen LogP contribution in [-0.2, 0) is 11.3 Å². The molecule has 2 aromatic carbocycles. The summed E-state index contributed by atoms with van der Waals surface area (Å²) in [5.74, 6) is -0.664. The van der Waals surface area contributed by atoms with E-state index in [1.807, 2.05) is 0 Å². The van der Waals surface area contributed by atoms with E-state index in [0.717, 1.165) is 22.7 Å². The van der Waals surface area contributed by atoms with Gasteiger partial charge >= 0.3 is 0 Å². The summed E-state index contributed by atoms with van der Waals surface area (Å²) in [7, 11) is 0. The van der Waals surface area contributed by atoms with Crippen molar-refractivity contribution < 1.29 is 23.8 Å². The van der Waals surface area contributed by atoms with E-state index in [9.17, 15) is 19.1 Å². The molecule has 1 aliphatic heterocycles. The van der Waals surface area contributed by atoms with Gasteiger partial charge in [0.1, 0.15) is 5.82 Å². The number of imide groups is 1. The Morgan fingerprint density at radius 1 is 1.26 bits per heavy atom. The van der Waals surface area contributed by atoms with Crippen LogP contribution in [0.4, 0.5) is 9.18 Å². The number of nitrogens with zero attached hydrogens (tertiary/aromatic N) is 1. The van der Waals surface area contributed by atoms with Gasteiger partial charge in [-0.05, 0) is 60.2 Å². The fraction of sp³-hybridized carbons (Fsp3) is 0.158. The number of halogens is 2. The van der Waals surface area contributed by atoms with Gasteiger partial charge in [0, 0.05) is 5.02 Å². The maximum absolute atomic E-state index is 13.2. The fourth-order valence-electron chi connectivity index (χ4n) is 2.50. The lowest BCUT2D eigenvalue weighted by Gasteiger charge is -2.13. The highest BCUT2D eigenvalue weighted by atomic mass is 35.5. The zero-order valence-electron chi connectivity index (χ0n) is 14.2. The molecule has 1 N–H and O–H groups in total. The topological polar surface area (TPSA) is 66.8 Å². The van der Waals surface area contributed by atoms with E-state index >= 15 is 0 Å². The van der Waals surface area contributed by atoms with Crippen molar-refractivity contribution >= 4 is 40.6 Å². The van der Waals surface area contributed by atoms with Crippen LogP contribution in [-0.4, -0.2) is 27.8 Å². The summed E-state index contributed by atoms with van der Waals surface area (Å²) in [6, 6.07) is 8.46. The highest BCUT2D eigenvalue weighted by Crippen LogP contribution is 2.35. The van der Waals surface area contributed by atoms with Crippen LogP contribution < -0.4 is 4.74 Å². The number of thioether (sulfide) groups is 1. The lowest BCUT2D eigenvalue weighted by molar-refractivity contribution is -0.123. The molecule has 0 aromatic heterocycles. The van der Waals surface area contributed by atoms with Gasteiger partial charge in [0.15, 0.2) is 11.5 Å². The molecule has 140 valence electrons. The molecule has 0 aliphatic carbocycles. The number of ether oxygens (including phenoxy) is 1. The van der Waals surface area contributed by atoms with Crippen LogP contribution in [0.5, 0.6) is 11.5 Å². The van der Waals surface area contributed by atoms with Crippen molar-refractivity contribution in [2.24, 2.45) is 0 Å². The summed E-state index contributed by atoms with van der Waals surface area (Å²) >= 11 is 6.79. The van der Waals surface area contributed by atoms with Gasteiger partial charge in [0.25, 0.3) is 11.1 Å². The molecule has 0 spiro atoms. The van der Waals surface area contributed by atoms with Crippen molar-refractivity contribution in [3.8, 4) is 11.5 Å². The molecule has 0 atom stereocenters. The summed E-state index contributed by atoms with van der Waals surface area (Å²) in [6.07, 6.45) is 1.55. The largest absolute Gasteiger partial charge is 0.504 e. The van der Waals surface area contributed by atoms with E-state index < -0.39 is 17.0 Å². The molecular weight excluding hydrogens is 393 g/mol. The molecule has 1 fully saturated rings. The van der Waals surface area contributed by atoms with Crippen molar-refractivity contribution in [2.75, 3.05) is 6.61 Å². The summed E-state index contributed by atoms with van der Waals surface area (Å²) in [4.78, 5) is 26.1. The number of phenols is 1. The number of carbonyl (C=O) groups is 2. The van der Waals surface area contributed by atoms with E-state index in [1.54, 1.807) is 25.1 Å². The molecule has 0 radical (unpaired) electrons. The summed E-state index contributed by atoms with van der Waals surface area (Å²) in [6.45, 7) is 2.13. The van der Waals surface area contributed by atoms with Crippen LogP contribution in [0.25, 0.3) is 6.08 Å². The first-order chi connectivity index (χ1) is 12.9. The minimum Gasteiger partial charge on any atom is -0.504 e. The van der Waals surface area contributed by atoms with E-state index in [4.69, 9.17) is 16.3 Å². The summed E-state index contributed by atoms with van der Waals surface area (Å²) < 4.78 is 18.5. The van der Waals surface area contributed by atoms with Gasteiger partial charge in [-0.15, -0.1) is 0 Å². The number of benzene rings is 2. The van der Waals surface area contributed by atoms with Crippen LogP contribution in [0.3, 0.4) is 0 Å². The molecule has 2 aromatic rings. The van der Waals surface area contributed by atoms with Gasteiger partial charge in [0.2, 0.25) is 0 Å². The first-order valence-corrected chi connectivity index (χ1v) is 9.23. The second-order valence-electron chi connectivity index (χ2n) is 5.66. The van der Waals surface area contributed by atoms with Crippen LogP contribution in [0, 0.1) is 5.82 Å². The van der Waals surface area contributed by atoms with Gasteiger partial charge in [0.05, 0.1) is 18.1 Å². The second-order valence-corrected chi connectivity index (χ2v) is 7.06. The zero-order valence-corrected chi connectivity index (χ0v) is 15.8. The molecule has 1 aliphatic rings. The molecule has 27 heavy (non-hydrogen) atoms. The predicted octanol–water partition coefficient (Wildman–Crippen LogP) is 4.82. The van der Waals surface area contributed by atoms with Gasteiger partial charge in [-0.25, -0.2) is 4.39 Å². The van der Waals surface area contributed by atoms with E-state index in [-0.39, 0.29) is 22.2 Å². The highest BCUT2D eigenvalue weighted by Gasteiger charge is 2.35. The Bertz CT molecular complexity index is 947. The molecule has 0 saturated carbocycles. The summed E-state index contributed by atoms with van der Waals surface area (Å²) in [5.41, 5.74) is 1.09. The van der Waals surface area contributed by atoms with E-state index in [2.05, 4.69) is 0 Å². The second kappa shape index (κ2) is 8.02. The molecule has 0 bridgehead atoms. The number of hydrogen-bond acceptors (Lipinski definition) is 5. The third kappa shape index (κ3) is 4.26. The molecule has 2 amide bonds. The van der Waals surface area contributed by atoms with Crippen LogP contribution in [0.2, 0.25) is 5.02 Å². The Hall–Kier alpha value is -2.51. The average Bonchev–Trinajstić information content (AvgIpc) is 2.87. The standard InChI is InChI=1S/C19H15ClFNO4S/c1-2-26-16-7-11(3-6-15(16)23)8-17-18(24)22(19(25)27-17)10-12-4-5-13(21)9-14(12)20/h3-9,23H,2,10H2,1H3/b17-8+. The van der Waals surface area contributed by atoms with Gasteiger partial charge in [-0.3, -0.25) is 14.5 Å². The number of aromatic hydroxyl groups is 1. The third-order valence-corrected chi connectivity index (χ3v) is 5.06. The Kier molecular flexibility index (Phi) is 5.72. The van der Waals surface area contributed by atoms with Crippen molar-refractivity contribution in [3.63, 3.8) is 0 Å². The molecule has 0 unspecified atom stereocenters. The van der Waals surface area contributed by atoms with E-state index in [0.29, 0.717) is 23.5 Å². The predicted molar refractivity (Wildman–Crippen MR) is 102 cm³/mol. The smallest absolute Gasteiger partial charge is 0.293 e. The minimum absolute atomic E-state index is 0.00643. The Morgan fingerprint density at radius 2 is 2.04 bits per heavy atom. The first kappa shape index (κ1) is 19.3. The lowest BCUT2D eigenvalue weighted by Crippen LogP contribution is -2.27. The number of carbonyl (C=O) groups excluding carboxylic acids is 2. The molecule has 1 saturated heterocycles. The molecule has 1 heterocycles. The highest BCUT2D eigenvalue weighted by molar-refractivity contribution is 8.18. The minimum atomic E-state index is -0.491.